The van der Waals surface area contributed by atoms with Crippen LogP contribution >= 0.6 is 11.8 Å². The van der Waals surface area contributed by atoms with Crippen molar-refractivity contribution in [2.75, 3.05) is 7.11 Å². The topological polar surface area (TPSA) is 59.1 Å². The molecular weight excluding hydrogens is 256 g/mol. The number of amidine groups is 1. The summed E-state index contributed by atoms with van der Waals surface area (Å²) in [5.74, 6) is 1.81. The van der Waals surface area contributed by atoms with Crippen molar-refractivity contribution in [3.05, 3.63) is 59.7 Å². The Morgan fingerprint density at radius 1 is 1.21 bits per heavy atom. The first kappa shape index (κ1) is 13.5. The highest BCUT2D eigenvalue weighted by molar-refractivity contribution is 7.98. The van der Waals surface area contributed by atoms with Gasteiger partial charge in [0.25, 0.3) is 0 Å². The van der Waals surface area contributed by atoms with Crippen LogP contribution in [0.4, 0.5) is 0 Å². The fraction of sp³-hybridized carbons (Fsp3) is 0.133. The average Bonchev–Trinajstić information content (AvgIpc) is 2.45. The summed E-state index contributed by atoms with van der Waals surface area (Å²) in [7, 11) is 1.67. The zero-order valence-corrected chi connectivity index (χ0v) is 11.5. The molecular formula is C15H16N2OS. The van der Waals surface area contributed by atoms with Crippen molar-refractivity contribution in [3.8, 4) is 5.75 Å². The number of nitrogens with one attached hydrogen (secondary N) is 1. The van der Waals surface area contributed by atoms with Gasteiger partial charge in [0.05, 0.1) is 7.11 Å². The molecule has 98 valence electrons. The fourth-order valence-electron chi connectivity index (χ4n) is 1.69. The van der Waals surface area contributed by atoms with Crippen LogP contribution in [0.5, 0.6) is 5.75 Å². The van der Waals surface area contributed by atoms with Crippen LogP contribution < -0.4 is 10.5 Å². The van der Waals surface area contributed by atoms with Gasteiger partial charge >= 0.3 is 0 Å². The van der Waals surface area contributed by atoms with E-state index in [1.54, 1.807) is 18.9 Å². The van der Waals surface area contributed by atoms with E-state index in [-0.39, 0.29) is 5.84 Å². The fourth-order valence-corrected chi connectivity index (χ4v) is 2.57. The number of hydrogen-bond acceptors (Lipinski definition) is 3. The molecule has 0 radical (unpaired) electrons. The van der Waals surface area contributed by atoms with Gasteiger partial charge in [0, 0.05) is 16.2 Å². The van der Waals surface area contributed by atoms with Crippen LogP contribution in [0.15, 0.2) is 53.4 Å². The quantitative estimate of drug-likeness (QED) is 0.499. The van der Waals surface area contributed by atoms with Gasteiger partial charge in [-0.3, -0.25) is 5.41 Å². The van der Waals surface area contributed by atoms with Gasteiger partial charge in [-0.1, -0.05) is 24.3 Å². The van der Waals surface area contributed by atoms with Crippen LogP contribution in [-0.4, -0.2) is 12.9 Å². The zero-order valence-electron chi connectivity index (χ0n) is 10.7. The maximum atomic E-state index is 7.44. The molecule has 2 rings (SSSR count). The second-order valence-electron chi connectivity index (χ2n) is 4.08. The zero-order chi connectivity index (χ0) is 13.7. The molecule has 0 aliphatic carbocycles. The van der Waals surface area contributed by atoms with Crippen LogP contribution in [0.1, 0.15) is 11.1 Å². The molecule has 0 fully saturated rings. The maximum Gasteiger partial charge on any atom is 0.122 e. The Labute approximate surface area is 117 Å². The van der Waals surface area contributed by atoms with Crippen molar-refractivity contribution >= 4 is 17.6 Å². The van der Waals surface area contributed by atoms with Crippen molar-refractivity contribution in [1.82, 2.24) is 0 Å². The summed E-state index contributed by atoms with van der Waals surface area (Å²) in [6, 6.07) is 15.8. The van der Waals surface area contributed by atoms with Gasteiger partial charge in [-0.2, -0.15) is 0 Å². The minimum Gasteiger partial charge on any atom is -0.497 e. The third-order valence-corrected chi connectivity index (χ3v) is 3.75. The summed E-state index contributed by atoms with van der Waals surface area (Å²) in [5.41, 5.74) is 7.41. The van der Waals surface area contributed by atoms with Crippen LogP contribution in [0.2, 0.25) is 0 Å². The normalized spacial score (nSPS) is 10.2. The minimum absolute atomic E-state index is 0.105. The van der Waals surface area contributed by atoms with E-state index in [1.807, 2.05) is 42.5 Å². The Morgan fingerprint density at radius 2 is 2.00 bits per heavy atom. The lowest BCUT2D eigenvalue weighted by molar-refractivity contribution is 0.413. The molecule has 0 saturated carbocycles. The molecule has 0 heterocycles. The Kier molecular flexibility index (Phi) is 4.47. The molecule has 0 amide bonds. The van der Waals surface area contributed by atoms with Crippen LogP contribution in [-0.2, 0) is 5.75 Å². The molecule has 2 aromatic rings. The highest BCUT2D eigenvalue weighted by Crippen LogP contribution is 2.26. The Morgan fingerprint density at radius 3 is 2.74 bits per heavy atom. The molecule has 0 aromatic heterocycles. The summed E-state index contributed by atoms with van der Waals surface area (Å²) in [4.78, 5) is 1.16. The summed E-state index contributed by atoms with van der Waals surface area (Å²) >= 11 is 1.73. The molecule has 0 aliphatic rings. The minimum atomic E-state index is 0.105. The molecule has 4 heteroatoms. The van der Waals surface area contributed by atoms with E-state index < -0.39 is 0 Å². The molecule has 3 N–H and O–H groups in total. The Bertz CT molecular complexity index is 584. The van der Waals surface area contributed by atoms with Gasteiger partial charge in [0.2, 0.25) is 0 Å². The van der Waals surface area contributed by atoms with Gasteiger partial charge in [-0.05, 0) is 29.8 Å². The third kappa shape index (κ3) is 3.76. The predicted molar refractivity (Wildman–Crippen MR) is 80.0 cm³/mol. The van der Waals surface area contributed by atoms with E-state index in [2.05, 4.69) is 6.07 Å². The number of ether oxygens (including phenoxy) is 1. The van der Waals surface area contributed by atoms with E-state index >= 15 is 0 Å². The van der Waals surface area contributed by atoms with Gasteiger partial charge in [-0.15, -0.1) is 11.8 Å². The molecule has 19 heavy (non-hydrogen) atoms. The summed E-state index contributed by atoms with van der Waals surface area (Å²) in [6.45, 7) is 0. The Hall–Kier alpha value is -1.94. The van der Waals surface area contributed by atoms with E-state index in [0.29, 0.717) is 0 Å². The lowest BCUT2D eigenvalue weighted by Crippen LogP contribution is -2.10. The number of thioether (sulfide) groups is 1. The lowest BCUT2D eigenvalue weighted by Gasteiger charge is -2.06. The number of nitrogens with two attached hydrogens (primary N) is 1. The van der Waals surface area contributed by atoms with E-state index in [1.165, 1.54) is 0 Å². The third-order valence-electron chi connectivity index (χ3n) is 2.68. The van der Waals surface area contributed by atoms with Crippen molar-refractivity contribution in [2.45, 2.75) is 10.6 Å². The Balaban J connectivity index is 2.05. The molecule has 0 spiro atoms. The number of hydrogen-bond donors (Lipinski definition) is 2. The summed E-state index contributed by atoms with van der Waals surface area (Å²) in [5, 5.41) is 7.44. The van der Waals surface area contributed by atoms with Crippen LogP contribution in [0.3, 0.4) is 0 Å². The second kappa shape index (κ2) is 6.29. The smallest absolute Gasteiger partial charge is 0.122 e. The van der Waals surface area contributed by atoms with Gasteiger partial charge < -0.3 is 10.5 Å². The molecule has 0 unspecified atom stereocenters. The molecule has 2 aromatic carbocycles. The monoisotopic (exact) mass is 272 g/mol. The maximum absolute atomic E-state index is 7.44. The number of rotatable bonds is 5. The number of methoxy groups -OCH3 is 1. The van der Waals surface area contributed by atoms with Gasteiger partial charge in [0.1, 0.15) is 11.6 Å². The van der Waals surface area contributed by atoms with Crippen molar-refractivity contribution in [2.24, 2.45) is 5.73 Å². The molecule has 0 atom stereocenters. The number of nitrogen functional groups attached to an aromatic ring is 1. The second-order valence-corrected chi connectivity index (χ2v) is 5.13. The first-order chi connectivity index (χ1) is 9.19. The molecule has 0 saturated heterocycles. The SMILES string of the molecule is COc1cccc(SCc2cccc(C(=N)N)c2)c1. The first-order valence-corrected chi connectivity index (χ1v) is 6.88. The highest BCUT2D eigenvalue weighted by atomic mass is 32.2. The highest BCUT2D eigenvalue weighted by Gasteiger charge is 2.01. The number of benzene rings is 2. The van der Waals surface area contributed by atoms with Gasteiger partial charge in [-0.25, -0.2) is 0 Å². The van der Waals surface area contributed by atoms with Gasteiger partial charge in [0.15, 0.2) is 0 Å². The standard InChI is InChI=1S/C15H16N2OS/c1-18-13-6-3-7-14(9-13)19-10-11-4-2-5-12(8-11)15(16)17/h2-9H,10H2,1H3,(H3,16,17). The summed E-state index contributed by atoms with van der Waals surface area (Å²) < 4.78 is 5.20. The van der Waals surface area contributed by atoms with E-state index in [4.69, 9.17) is 15.9 Å². The lowest BCUT2D eigenvalue weighted by atomic mass is 10.1. The van der Waals surface area contributed by atoms with Crippen LogP contribution in [0, 0.1) is 5.41 Å². The average molecular weight is 272 g/mol. The van der Waals surface area contributed by atoms with Crippen molar-refractivity contribution in [1.29, 1.82) is 5.41 Å². The molecule has 3 nitrogen and oxygen atoms in total. The van der Waals surface area contributed by atoms with E-state index in [9.17, 15) is 0 Å². The van der Waals surface area contributed by atoms with E-state index in [0.717, 1.165) is 27.5 Å². The molecule has 0 aliphatic heterocycles. The first-order valence-electron chi connectivity index (χ1n) is 5.89. The molecule has 0 bridgehead atoms. The predicted octanol–water partition coefficient (Wildman–Crippen LogP) is 3.27. The van der Waals surface area contributed by atoms with Crippen molar-refractivity contribution < 1.29 is 4.74 Å². The largest absolute Gasteiger partial charge is 0.497 e. The van der Waals surface area contributed by atoms with Crippen LogP contribution in [0.25, 0.3) is 0 Å². The summed E-state index contributed by atoms with van der Waals surface area (Å²) in [6.07, 6.45) is 0. The van der Waals surface area contributed by atoms with Crippen molar-refractivity contribution in [3.63, 3.8) is 0 Å².